The van der Waals surface area contributed by atoms with Crippen LogP contribution in [0.2, 0.25) is 0 Å². The van der Waals surface area contributed by atoms with E-state index in [2.05, 4.69) is 0 Å². The van der Waals surface area contributed by atoms with Gasteiger partial charge in [0.05, 0.1) is 17.0 Å². The molecule has 1 fully saturated rings. The van der Waals surface area contributed by atoms with Crippen molar-refractivity contribution in [2.24, 2.45) is 0 Å². The van der Waals surface area contributed by atoms with Gasteiger partial charge in [0.2, 0.25) is 0 Å². The average molecular weight is 474 g/mol. The zero-order valence-corrected chi connectivity index (χ0v) is 18.4. The molecule has 33 heavy (non-hydrogen) atoms. The fourth-order valence-corrected chi connectivity index (χ4v) is 4.56. The molecular formula is C24H18F4N2O2S. The van der Waals surface area contributed by atoms with Crippen molar-refractivity contribution in [2.75, 3.05) is 0 Å². The number of carbonyl (C=O) groups excluding carboxylic acids is 2. The van der Waals surface area contributed by atoms with Crippen LogP contribution in [0.15, 0.2) is 59.5 Å². The van der Waals surface area contributed by atoms with Crippen LogP contribution in [0.25, 0.3) is 11.8 Å². The standard InChI is InChI=1S/C24H18F4N2O2S/c1-14-10-17(15(2)30(14)19-8-5-7-18(12-19)24(26,27)28)11-21-22(31)29(23(32)33-21)13-16-6-3-4-9-20(16)25/h3-12H,13H2,1-2H3/b21-11-. The Morgan fingerprint density at radius 2 is 1.73 bits per heavy atom. The summed E-state index contributed by atoms with van der Waals surface area (Å²) in [6.07, 6.45) is -2.93. The molecule has 4 rings (SSSR count). The maximum atomic E-state index is 14.0. The summed E-state index contributed by atoms with van der Waals surface area (Å²) in [6, 6.07) is 12.6. The number of nitrogens with zero attached hydrogens (tertiary/aromatic N) is 2. The van der Waals surface area contributed by atoms with Crippen molar-refractivity contribution in [3.8, 4) is 5.69 Å². The zero-order chi connectivity index (χ0) is 23.9. The highest BCUT2D eigenvalue weighted by Crippen LogP contribution is 2.35. The maximum absolute atomic E-state index is 14.0. The molecule has 0 radical (unpaired) electrons. The molecular weight excluding hydrogens is 456 g/mol. The molecule has 170 valence electrons. The number of thioether (sulfide) groups is 1. The number of carbonyl (C=O) groups is 2. The molecule has 0 atom stereocenters. The largest absolute Gasteiger partial charge is 0.416 e. The van der Waals surface area contributed by atoms with E-state index in [0.717, 1.165) is 28.8 Å². The Morgan fingerprint density at radius 3 is 2.42 bits per heavy atom. The van der Waals surface area contributed by atoms with Crippen molar-refractivity contribution in [3.63, 3.8) is 0 Å². The molecule has 2 heterocycles. The SMILES string of the molecule is Cc1cc(/C=C2\SC(=O)N(Cc3ccccc3F)C2=O)c(C)n1-c1cccc(C(F)(F)F)c1. The molecule has 4 nitrogen and oxygen atoms in total. The molecule has 2 amide bonds. The molecule has 3 aromatic rings. The van der Waals surface area contributed by atoms with E-state index in [0.29, 0.717) is 22.6 Å². The highest BCUT2D eigenvalue weighted by atomic mass is 32.2. The van der Waals surface area contributed by atoms with Crippen LogP contribution in [-0.2, 0) is 17.5 Å². The Kier molecular flexibility index (Phi) is 5.92. The molecule has 0 saturated carbocycles. The number of halogens is 4. The number of imide groups is 1. The lowest BCUT2D eigenvalue weighted by Crippen LogP contribution is -2.27. The van der Waals surface area contributed by atoms with Crippen molar-refractivity contribution in [2.45, 2.75) is 26.6 Å². The third kappa shape index (κ3) is 4.45. The van der Waals surface area contributed by atoms with Gasteiger partial charge in [0.15, 0.2) is 0 Å². The first-order valence-electron chi connectivity index (χ1n) is 9.91. The van der Waals surface area contributed by atoms with E-state index in [1.54, 1.807) is 42.7 Å². The van der Waals surface area contributed by atoms with Crippen LogP contribution < -0.4 is 0 Å². The van der Waals surface area contributed by atoms with Gasteiger partial charge in [-0.3, -0.25) is 14.5 Å². The summed E-state index contributed by atoms with van der Waals surface area (Å²) in [4.78, 5) is 26.4. The van der Waals surface area contributed by atoms with Gasteiger partial charge in [0.1, 0.15) is 5.82 Å². The summed E-state index contributed by atoms with van der Waals surface area (Å²) in [5.74, 6) is -1.05. The third-order valence-corrected chi connectivity index (χ3v) is 6.26. The van der Waals surface area contributed by atoms with Gasteiger partial charge in [-0.2, -0.15) is 13.2 Å². The lowest BCUT2D eigenvalue weighted by Gasteiger charge is -2.13. The maximum Gasteiger partial charge on any atom is 0.416 e. The normalized spacial score (nSPS) is 15.7. The highest BCUT2D eigenvalue weighted by molar-refractivity contribution is 8.18. The van der Waals surface area contributed by atoms with Gasteiger partial charge in [-0.05, 0) is 67.6 Å². The van der Waals surface area contributed by atoms with E-state index in [4.69, 9.17) is 0 Å². The number of amides is 2. The number of hydrogen-bond acceptors (Lipinski definition) is 3. The first-order chi connectivity index (χ1) is 15.6. The highest BCUT2D eigenvalue weighted by Gasteiger charge is 2.36. The predicted octanol–water partition coefficient (Wildman–Crippen LogP) is 6.49. The minimum atomic E-state index is -4.47. The minimum Gasteiger partial charge on any atom is -0.318 e. The van der Waals surface area contributed by atoms with Gasteiger partial charge in [-0.25, -0.2) is 4.39 Å². The molecule has 0 spiro atoms. The molecule has 9 heteroatoms. The van der Waals surface area contributed by atoms with Crippen LogP contribution in [0.5, 0.6) is 0 Å². The number of aryl methyl sites for hydroxylation is 1. The van der Waals surface area contributed by atoms with Crippen molar-refractivity contribution >= 4 is 29.0 Å². The van der Waals surface area contributed by atoms with Gasteiger partial charge < -0.3 is 4.57 Å². The van der Waals surface area contributed by atoms with Crippen molar-refractivity contribution in [1.82, 2.24) is 9.47 Å². The summed E-state index contributed by atoms with van der Waals surface area (Å²) in [6.45, 7) is 3.29. The molecule has 0 N–H and O–H groups in total. The predicted molar refractivity (Wildman–Crippen MR) is 118 cm³/mol. The first-order valence-corrected chi connectivity index (χ1v) is 10.7. The second-order valence-corrected chi connectivity index (χ2v) is 8.56. The second kappa shape index (κ2) is 8.55. The van der Waals surface area contributed by atoms with Crippen molar-refractivity contribution < 1.29 is 27.2 Å². The van der Waals surface area contributed by atoms with Gasteiger partial charge in [0.25, 0.3) is 11.1 Å². The number of hydrogen-bond donors (Lipinski definition) is 0. The zero-order valence-electron chi connectivity index (χ0n) is 17.6. The Morgan fingerprint density at radius 1 is 1.00 bits per heavy atom. The van der Waals surface area contributed by atoms with Crippen molar-refractivity contribution in [3.05, 3.63) is 93.4 Å². The molecule has 1 aliphatic heterocycles. The van der Waals surface area contributed by atoms with Crippen molar-refractivity contribution in [1.29, 1.82) is 0 Å². The smallest absolute Gasteiger partial charge is 0.318 e. The van der Waals surface area contributed by atoms with Crippen LogP contribution in [0, 0.1) is 19.7 Å². The van der Waals surface area contributed by atoms with Crippen LogP contribution >= 0.6 is 11.8 Å². The van der Waals surface area contributed by atoms with Gasteiger partial charge in [-0.1, -0.05) is 24.3 Å². The molecule has 1 saturated heterocycles. The summed E-state index contributed by atoms with van der Waals surface area (Å²) in [7, 11) is 0. The van der Waals surface area contributed by atoms with E-state index in [1.165, 1.54) is 24.3 Å². The Labute approximate surface area is 191 Å². The quantitative estimate of drug-likeness (QED) is 0.321. The van der Waals surface area contributed by atoms with Gasteiger partial charge in [-0.15, -0.1) is 0 Å². The van der Waals surface area contributed by atoms with E-state index < -0.39 is 28.7 Å². The van der Waals surface area contributed by atoms with E-state index in [1.807, 2.05) is 0 Å². The first kappa shape index (κ1) is 22.8. The van der Waals surface area contributed by atoms with Crippen LogP contribution in [0.1, 0.15) is 28.1 Å². The van der Waals surface area contributed by atoms with E-state index >= 15 is 0 Å². The Balaban J connectivity index is 1.65. The Bertz CT molecular complexity index is 1290. The number of aromatic nitrogens is 1. The third-order valence-electron chi connectivity index (χ3n) is 5.35. The molecule has 0 bridgehead atoms. The number of alkyl halides is 3. The minimum absolute atomic E-state index is 0.167. The topological polar surface area (TPSA) is 42.3 Å². The number of benzene rings is 2. The van der Waals surface area contributed by atoms with E-state index in [-0.39, 0.29) is 17.0 Å². The molecule has 0 unspecified atom stereocenters. The lowest BCUT2D eigenvalue weighted by molar-refractivity contribution is -0.137. The summed E-state index contributed by atoms with van der Waals surface area (Å²) in [5.41, 5.74) is 1.69. The second-order valence-electron chi connectivity index (χ2n) is 7.57. The van der Waals surface area contributed by atoms with Crippen LogP contribution in [-0.4, -0.2) is 20.6 Å². The lowest BCUT2D eigenvalue weighted by atomic mass is 10.2. The van der Waals surface area contributed by atoms with Gasteiger partial charge in [0, 0.05) is 22.6 Å². The Hall–Kier alpha value is -3.33. The molecule has 1 aliphatic rings. The monoisotopic (exact) mass is 474 g/mol. The van der Waals surface area contributed by atoms with E-state index in [9.17, 15) is 27.2 Å². The average Bonchev–Trinajstić information content (AvgIpc) is 3.18. The van der Waals surface area contributed by atoms with Crippen LogP contribution in [0.4, 0.5) is 22.4 Å². The molecule has 1 aromatic heterocycles. The number of rotatable bonds is 4. The van der Waals surface area contributed by atoms with Crippen LogP contribution in [0.3, 0.4) is 0 Å². The summed E-state index contributed by atoms with van der Waals surface area (Å²) in [5, 5.41) is -0.513. The molecule has 0 aliphatic carbocycles. The summed E-state index contributed by atoms with van der Waals surface area (Å²) < 4.78 is 55.0. The van der Waals surface area contributed by atoms with Gasteiger partial charge >= 0.3 is 6.18 Å². The fraction of sp³-hybridized carbons (Fsp3) is 0.167. The molecule has 2 aromatic carbocycles. The summed E-state index contributed by atoms with van der Waals surface area (Å²) >= 11 is 0.745. The fourth-order valence-electron chi connectivity index (χ4n) is 3.73.